The number of ether oxygens (including phenoxy) is 2. The largest absolute Gasteiger partial charge is 0.481 e. The molecule has 0 aliphatic heterocycles. The minimum Gasteiger partial charge on any atom is -0.481 e. The van der Waals surface area contributed by atoms with Gasteiger partial charge < -0.3 is 14.6 Å². The maximum absolute atomic E-state index is 12.7. The van der Waals surface area contributed by atoms with E-state index in [1.807, 2.05) is 0 Å². The maximum Gasteiger partial charge on any atom is 0.416 e. The molecule has 0 bridgehead atoms. The normalized spacial score (nSPS) is 15.8. The number of halogens is 3. The van der Waals surface area contributed by atoms with Crippen LogP contribution in [-0.4, -0.2) is 29.6 Å². The van der Waals surface area contributed by atoms with E-state index in [0.29, 0.717) is 18.4 Å². The van der Waals surface area contributed by atoms with E-state index in [-0.39, 0.29) is 13.0 Å². The van der Waals surface area contributed by atoms with Crippen molar-refractivity contribution in [1.29, 1.82) is 0 Å². The van der Waals surface area contributed by atoms with Crippen LogP contribution in [0.1, 0.15) is 36.8 Å². The van der Waals surface area contributed by atoms with Crippen molar-refractivity contribution in [3.63, 3.8) is 0 Å². The van der Waals surface area contributed by atoms with E-state index in [9.17, 15) is 27.6 Å². The third kappa shape index (κ3) is 5.57. The van der Waals surface area contributed by atoms with E-state index in [1.54, 1.807) is 0 Å². The lowest BCUT2D eigenvalue weighted by atomic mass is 9.74. The molecule has 1 fully saturated rings. The molecule has 0 saturated heterocycles. The molecule has 6 nitrogen and oxygen atoms in total. The number of aliphatic carboxylic acids is 1. The van der Waals surface area contributed by atoms with Crippen molar-refractivity contribution >= 4 is 17.9 Å². The van der Waals surface area contributed by atoms with Crippen molar-refractivity contribution in [2.75, 3.05) is 6.61 Å². The zero-order valence-corrected chi connectivity index (χ0v) is 14.1. The zero-order chi connectivity index (χ0) is 20.1. The Balaban J connectivity index is 1.97. The van der Waals surface area contributed by atoms with E-state index in [0.717, 1.165) is 30.7 Å². The molecule has 1 aliphatic carbocycles. The number of esters is 2. The number of benzene rings is 1. The second-order valence-corrected chi connectivity index (χ2v) is 5.99. The lowest BCUT2D eigenvalue weighted by molar-refractivity contribution is -0.165. The molecule has 2 rings (SSSR count). The van der Waals surface area contributed by atoms with Crippen LogP contribution in [0.3, 0.4) is 0 Å². The fraction of sp³-hybridized carbons (Fsp3) is 0.389. The van der Waals surface area contributed by atoms with E-state index in [1.165, 1.54) is 12.1 Å². The number of hydrogen-bond donors (Lipinski definition) is 1. The van der Waals surface area contributed by atoms with Crippen molar-refractivity contribution in [2.24, 2.45) is 0 Å². The van der Waals surface area contributed by atoms with Gasteiger partial charge in [-0.05, 0) is 37.0 Å². The van der Waals surface area contributed by atoms with Crippen LogP contribution in [0.5, 0.6) is 0 Å². The Morgan fingerprint density at radius 1 is 1.07 bits per heavy atom. The summed E-state index contributed by atoms with van der Waals surface area (Å²) >= 11 is 0. The summed E-state index contributed by atoms with van der Waals surface area (Å²) < 4.78 is 47.9. The van der Waals surface area contributed by atoms with E-state index >= 15 is 0 Å². The van der Waals surface area contributed by atoms with E-state index < -0.39 is 35.2 Å². The highest BCUT2D eigenvalue weighted by Crippen LogP contribution is 2.45. The van der Waals surface area contributed by atoms with Crippen LogP contribution in [0.4, 0.5) is 13.2 Å². The smallest absolute Gasteiger partial charge is 0.416 e. The molecule has 27 heavy (non-hydrogen) atoms. The van der Waals surface area contributed by atoms with Crippen LogP contribution in [0.25, 0.3) is 0 Å². The number of carbonyl (C=O) groups excluding carboxylic acids is 2. The molecule has 0 aromatic heterocycles. The van der Waals surface area contributed by atoms with Crippen molar-refractivity contribution in [2.45, 2.75) is 37.5 Å². The van der Waals surface area contributed by atoms with Gasteiger partial charge in [-0.15, -0.1) is 0 Å². The number of rotatable bonds is 7. The Labute approximate surface area is 152 Å². The van der Waals surface area contributed by atoms with E-state index in [2.05, 4.69) is 4.74 Å². The van der Waals surface area contributed by atoms with Crippen LogP contribution >= 0.6 is 0 Å². The first-order chi connectivity index (χ1) is 12.6. The van der Waals surface area contributed by atoms with Gasteiger partial charge in [-0.2, -0.15) is 13.2 Å². The molecule has 0 radical (unpaired) electrons. The lowest BCUT2D eigenvalue weighted by Crippen LogP contribution is -2.38. The molecule has 0 spiro atoms. The summed E-state index contributed by atoms with van der Waals surface area (Å²) in [6, 6.07) is 4.41. The van der Waals surface area contributed by atoms with Gasteiger partial charge in [0.1, 0.15) is 12.2 Å². The molecular formula is C18H17F3O6. The molecule has 0 amide bonds. The molecule has 1 aromatic rings. The Bertz CT molecular complexity index is 732. The minimum atomic E-state index is -4.45. The van der Waals surface area contributed by atoms with Gasteiger partial charge in [0.2, 0.25) is 0 Å². The Morgan fingerprint density at radius 2 is 1.67 bits per heavy atom. The zero-order valence-electron chi connectivity index (χ0n) is 14.1. The van der Waals surface area contributed by atoms with Gasteiger partial charge in [0, 0.05) is 12.2 Å². The summed E-state index contributed by atoms with van der Waals surface area (Å²) in [4.78, 5) is 33.6. The first-order valence-electron chi connectivity index (χ1n) is 8.10. The van der Waals surface area contributed by atoms with Crippen LogP contribution in [0.2, 0.25) is 0 Å². The van der Waals surface area contributed by atoms with Gasteiger partial charge in [-0.3, -0.25) is 4.79 Å². The van der Waals surface area contributed by atoms with Crippen molar-refractivity contribution in [1.82, 2.24) is 0 Å². The molecule has 1 aromatic carbocycles. The van der Waals surface area contributed by atoms with Gasteiger partial charge in [-0.1, -0.05) is 12.1 Å². The monoisotopic (exact) mass is 386 g/mol. The summed E-state index contributed by atoms with van der Waals surface area (Å²) in [5.74, 6) is -2.87. The van der Waals surface area contributed by atoms with E-state index in [4.69, 9.17) is 9.84 Å². The average molecular weight is 386 g/mol. The highest BCUT2D eigenvalue weighted by Gasteiger charge is 2.42. The van der Waals surface area contributed by atoms with Crippen LogP contribution in [-0.2, 0) is 35.6 Å². The molecule has 1 saturated carbocycles. The average Bonchev–Trinajstić information content (AvgIpc) is 2.55. The predicted octanol–water partition coefficient (Wildman–Crippen LogP) is 3.20. The first-order valence-corrected chi connectivity index (χ1v) is 8.10. The fourth-order valence-corrected chi connectivity index (χ4v) is 2.56. The highest BCUT2D eigenvalue weighted by molar-refractivity contribution is 5.92. The third-order valence-electron chi connectivity index (χ3n) is 4.11. The van der Waals surface area contributed by atoms with Crippen LogP contribution in [0, 0.1) is 0 Å². The quantitative estimate of drug-likeness (QED) is 0.572. The molecule has 0 atom stereocenters. The van der Waals surface area contributed by atoms with Gasteiger partial charge in [0.05, 0.1) is 12.0 Å². The Hall–Kier alpha value is -2.84. The predicted molar refractivity (Wildman–Crippen MR) is 85.4 cm³/mol. The first kappa shape index (κ1) is 20.5. The third-order valence-corrected chi connectivity index (χ3v) is 4.11. The summed E-state index contributed by atoms with van der Waals surface area (Å²) in [5, 5.41) is 8.43. The Morgan fingerprint density at radius 3 is 2.15 bits per heavy atom. The number of carboxylic acid groups (broad SMARTS) is 1. The van der Waals surface area contributed by atoms with Crippen molar-refractivity contribution in [3.8, 4) is 0 Å². The summed E-state index contributed by atoms with van der Waals surface area (Å²) in [6.45, 7) is -0.330. The molecule has 0 heterocycles. The van der Waals surface area contributed by atoms with Gasteiger partial charge >= 0.3 is 24.1 Å². The maximum atomic E-state index is 12.7. The summed E-state index contributed by atoms with van der Waals surface area (Å²) in [5.41, 5.74) is -1.36. The second kappa shape index (κ2) is 8.24. The van der Waals surface area contributed by atoms with Crippen LogP contribution < -0.4 is 0 Å². The molecule has 0 unspecified atom stereocenters. The topological polar surface area (TPSA) is 89.9 Å². The number of hydrogen-bond acceptors (Lipinski definition) is 5. The van der Waals surface area contributed by atoms with Crippen molar-refractivity contribution in [3.05, 3.63) is 47.5 Å². The Kier molecular flexibility index (Phi) is 6.24. The van der Waals surface area contributed by atoms with Gasteiger partial charge in [0.15, 0.2) is 0 Å². The summed E-state index contributed by atoms with van der Waals surface area (Å²) in [7, 11) is 0. The molecular weight excluding hydrogens is 369 g/mol. The van der Waals surface area contributed by atoms with Crippen LogP contribution in [0.15, 0.2) is 36.4 Å². The van der Waals surface area contributed by atoms with Crippen molar-refractivity contribution < 1.29 is 42.1 Å². The van der Waals surface area contributed by atoms with Gasteiger partial charge in [-0.25, -0.2) is 9.59 Å². The second-order valence-electron chi connectivity index (χ2n) is 5.99. The molecule has 9 heteroatoms. The minimum absolute atomic E-state index is 0.330. The van der Waals surface area contributed by atoms with Gasteiger partial charge in [0.25, 0.3) is 0 Å². The molecule has 146 valence electrons. The molecule has 1 aliphatic rings. The molecule has 1 N–H and O–H groups in total. The number of alkyl halides is 3. The number of carbonyl (C=O) groups is 3. The fourth-order valence-electron chi connectivity index (χ4n) is 2.56. The standard InChI is InChI=1S/C18H17F3O6/c19-18(20,21)13-4-2-12(3-5-13)17(9-1-10-17)27-16(25)7-6-15(24)26-11-8-14(22)23/h2-7H,1,8-11H2,(H,22,23)/b7-6+. The number of carboxylic acids is 1. The SMILES string of the molecule is O=C(O)CCOC(=O)/C=C/C(=O)OC1(c2ccc(C(F)(F)F)cc2)CCC1. The highest BCUT2D eigenvalue weighted by atomic mass is 19.4. The lowest BCUT2D eigenvalue weighted by Gasteiger charge is -2.41. The summed E-state index contributed by atoms with van der Waals surface area (Å²) in [6.07, 6.45) is -1.50.